The molecule has 0 unspecified atom stereocenters. The van der Waals surface area contributed by atoms with Gasteiger partial charge in [-0.15, -0.1) is 0 Å². The predicted octanol–water partition coefficient (Wildman–Crippen LogP) is 2.11. The van der Waals surface area contributed by atoms with Crippen molar-refractivity contribution >= 4 is 5.91 Å². The van der Waals surface area contributed by atoms with E-state index in [1.165, 1.54) is 5.56 Å². The molecular formula is C19H23N3O3. The monoisotopic (exact) mass is 341 g/mol. The molecule has 2 aliphatic rings. The van der Waals surface area contributed by atoms with E-state index >= 15 is 0 Å². The number of rotatable bonds is 5. The lowest BCUT2D eigenvalue weighted by Gasteiger charge is -2.35. The number of ether oxygens (including phenoxy) is 1. The summed E-state index contributed by atoms with van der Waals surface area (Å²) in [6, 6.07) is 6.23. The molecule has 0 radical (unpaired) electrons. The van der Waals surface area contributed by atoms with Crippen LogP contribution in [0, 0.1) is 0 Å². The van der Waals surface area contributed by atoms with Crippen molar-refractivity contribution in [2.45, 2.75) is 50.6 Å². The highest BCUT2D eigenvalue weighted by Crippen LogP contribution is 2.32. The molecule has 2 saturated heterocycles. The van der Waals surface area contributed by atoms with E-state index in [1.807, 2.05) is 18.2 Å². The van der Waals surface area contributed by atoms with Gasteiger partial charge in [-0.1, -0.05) is 6.07 Å². The molecule has 3 atom stereocenters. The number of carbonyl (C=O) groups excluding carboxylic acids is 1. The lowest BCUT2D eigenvalue weighted by atomic mass is 9.98. The fourth-order valence-electron chi connectivity index (χ4n) is 3.83. The number of pyridine rings is 1. The summed E-state index contributed by atoms with van der Waals surface area (Å²) in [4.78, 5) is 18.9. The van der Waals surface area contributed by atoms with Crippen LogP contribution in [0.1, 0.15) is 30.4 Å². The summed E-state index contributed by atoms with van der Waals surface area (Å²) in [5.41, 5.74) is 2.19. The van der Waals surface area contributed by atoms with Gasteiger partial charge in [0.05, 0.1) is 18.6 Å². The number of nitrogens with zero attached hydrogens (tertiary/aromatic N) is 2. The minimum atomic E-state index is -0.341. The largest absolute Gasteiger partial charge is 0.472 e. The quantitative estimate of drug-likeness (QED) is 0.902. The van der Waals surface area contributed by atoms with E-state index in [0.29, 0.717) is 12.6 Å². The summed E-state index contributed by atoms with van der Waals surface area (Å²) >= 11 is 0. The van der Waals surface area contributed by atoms with Gasteiger partial charge in [-0.25, -0.2) is 0 Å². The second-order valence-corrected chi connectivity index (χ2v) is 6.78. The third-order valence-corrected chi connectivity index (χ3v) is 5.11. The Morgan fingerprint density at radius 3 is 3.04 bits per heavy atom. The number of furan rings is 1. The zero-order valence-electron chi connectivity index (χ0n) is 14.1. The maximum atomic E-state index is 12.4. The zero-order valence-corrected chi connectivity index (χ0v) is 14.1. The van der Waals surface area contributed by atoms with E-state index in [0.717, 1.165) is 37.9 Å². The van der Waals surface area contributed by atoms with Crippen molar-refractivity contribution in [3.05, 3.63) is 54.2 Å². The lowest BCUT2D eigenvalue weighted by Crippen LogP contribution is -2.47. The number of fused-ring (bicyclic) bond motifs is 1. The van der Waals surface area contributed by atoms with E-state index in [2.05, 4.69) is 15.2 Å². The number of nitrogens with one attached hydrogen (secondary N) is 1. The summed E-state index contributed by atoms with van der Waals surface area (Å²) in [6.45, 7) is 2.39. The third-order valence-electron chi connectivity index (χ3n) is 5.11. The Morgan fingerprint density at radius 1 is 1.28 bits per heavy atom. The summed E-state index contributed by atoms with van der Waals surface area (Å²) in [7, 11) is 0. The number of carbonyl (C=O) groups is 1. The molecule has 6 nitrogen and oxygen atoms in total. The van der Waals surface area contributed by atoms with Crippen LogP contribution in [0.2, 0.25) is 0 Å². The van der Waals surface area contributed by atoms with E-state index in [4.69, 9.17) is 9.15 Å². The van der Waals surface area contributed by atoms with E-state index < -0.39 is 0 Å². The molecule has 25 heavy (non-hydrogen) atoms. The standard InChI is InChI=1S/C19H23N3O3/c23-19(21-11-14-2-1-7-20-10-14)18-4-3-16-17(25-18)5-8-22(16)12-15-6-9-24-13-15/h1-2,6-7,9-10,13,16-18H,3-5,8,11-12H2,(H,21,23)/t16-,17-,18-/m0/s1. The molecule has 2 aromatic rings. The van der Waals surface area contributed by atoms with Gasteiger partial charge in [-0.3, -0.25) is 14.7 Å². The first-order valence-corrected chi connectivity index (χ1v) is 8.87. The SMILES string of the molecule is O=C(NCc1cccnc1)[C@@H]1CC[C@H]2[C@H](CCN2Cc2ccoc2)O1. The van der Waals surface area contributed by atoms with Crippen LogP contribution in [0.25, 0.3) is 0 Å². The summed E-state index contributed by atoms with van der Waals surface area (Å²) < 4.78 is 11.3. The second-order valence-electron chi connectivity index (χ2n) is 6.78. The van der Waals surface area contributed by atoms with Gasteiger partial charge in [-0.2, -0.15) is 0 Å². The maximum Gasteiger partial charge on any atom is 0.249 e. The predicted molar refractivity (Wildman–Crippen MR) is 91.5 cm³/mol. The first kappa shape index (κ1) is 16.3. The summed E-state index contributed by atoms with van der Waals surface area (Å²) in [5, 5.41) is 2.97. The van der Waals surface area contributed by atoms with Crippen molar-refractivity contribution < 1.29 is 13.9 Å². The fourth-order valence-corrected chi connectivity index (χ4v) is 3.83. The maximum absolute atomic E-state index is 12.4. The molecule has 1 amide bonds. The molecular weight excluding hydrogens is 318 g/mol. The van der Waals surface area contributed by atoms with Crippen LogP contribution in [0.4, 0.5) is 0 Å². The number of likely N-dealkylation sites (tertiary alicyclic amines) is 1. The van der Waals surface area contributed by atoms with Crippen molar-refractivity contribution in [3.8, 4) is 0 Å². The Labute approximate surface area is 147 Å². The lowest BCUT2D eigenvalue weighted by molar-refractivity contribution is -0.144. The van der Waals surface area contributed by atoms with Crippen molar-refractivity contribution in [1.82, 2.24) is 15.2 Å². The molecule has 0 aliphatic carbocycles. The van der Waals surface area contributed by atoms with Gasteiger partial charge in [0.1, 0.15) is 6.10 Å². The minimum absolute atomic E-state index is 0.0180. The van der Waals surface area contributed by atoms with Gasteiger partial charge in [0.2, 0.25) is 5.91 Å². The molecule has 4 heterocycles. The van der Waals surface area contributed by atoms with Crippen LogP contribution in [0.15, 0.2) is 47.5 Å². The first-order chi connectivity index (χ1) is 12.3. The molecule has 2 aromatic heterocycles. The van der Waals surface area contributed by atoms with Gasteiger partial charge in [-0.05, 0) is 37.0 Å². The Kier molecular flexibility index (Phi) is 4.81. The molecule has 0 aromatic carbocycles. The average Bonchev–Trinajstić information content (AvgIpc) is 3.31. The molecule has 6 heteroatoms. The van der Waals surface area contributed by atoms with E-state index in [9.17, 15) is 4.79 Å². The molecule has 0 bridgehead atoms. The zero-order chi connectivity index (χ0) is 17.1. The van der Waals surface area contributed by atoms with Crippen LogP contribution in [0.5, 0.6) is 0 Å². The number of hydrogen-bond donors (Lipinski definition) is 1. The molecule has 1 N–H and O–H groups in total. The van der Waals surface area contributed by atoms with Crippen LogP contribution in [-0.2, 0) is 22.6 Å². The molecule has 2 fully saturated rings. The van der Waals surface area contributed by atoms with Gasteiger partial charge in [0.25, 0.3) is 0 Å². The highest BCUT2D eigenvalue weighted by molar-refractivity contribution is 5.80. The van der Waals surface area contributed by atoms with Crippen molar-refractivity contribution in [2.24, 2.45) is 0 Å². The van der Waals surface area contributed by atoms with Gasteiger partial charge >= 0.3 is 0 Å². The number of hydrogen-bond acceptors (Lipinski definition) is 5. The molecule has 132 valence electrons. The Morgan fingerprint density at radius 2 is 2.24 bits per heavy atom. The Hall–Kier alpha value is -2.18. The highest BCUT2D eigenvalue weighted by Gasteiger charge is 2.41. The van der Waals surface area contributed by atoms with E-state index in [1.54, 1.807) is 24.9 Å². The topological polar surface area (TPSA) is 67.6 Å². The fraction of sp³-hybridized carbons (Fsp3) is 0.474. The molecule has 2 aliphatic heterocycles. The van der Waals surface area contributed by atoms with Gasteiger partial charge in [0, 0.05) is 43.6 Å². The summed E-state index contributed by atoms with van der Waals surface area (Å²) in [6.07, 6.45) is 9.55. The van der Waals surface area contributed by atoms with Crippen LogP contribution in [-0.4, -0.2) is 40.6 Å². The van der Waals surface area contributed by atoms with Crippen LogP contribution >= 0.6 is 0 Å². The second kappa shape index (κ2) is 7.37. The Bertz CT molecular complexity index is 689. The van der Waals surface area contributed by atoms with E-state index in [-0.39, 0.29) is 18.1 Å². The highest BCUT2D eigenvalue weighted by atomic mass is 16.5. The Balaban J connectivity index is 1.29. The molecule has 0 saturated carbocycles. The van der Waals surface area contributed by atoms with Crippen LogP contribution in [0.3, 0.4) is 0 Å². The minimum Gasteiger partial charge on any atom is -0.472 e. The third kappa shape index (κ3) is 3.75. The van der Waals surface area contributed by atoms with Gasteiger partial charge < -0.3 is 14.5 Å². The molecule has 0 spiro atoms. The van der Waals surface area contributed by atoms with Crippen molar-refractivity contribution in [1.29, 1.82) is 0 Å². The van der Waals surface area contributed by atoms with Crippen molar-refractivity contribution in [3.63, 3.8) is 0 Å². The van der Waals surface area contributed by atoms with Crippen molar-refractivity contribution in [2.75, 3.05) is 6.54 Å². The van der Waals surface area contributed by atoms with Gasteiger partial charge in [0.15, 0.2) is 0 Å². The number of amides is 1. The first-order valence-electron chi connectivity index (χ1n) is 8.87. The molecule has 4 rings (SSSR count). The summed E-state index contributed by atoms with van der Waals surface area (Å²) in [5.74, 6) is -0.0180. The normalized spacial score (nSPS) is 26.3. The average molecular weight is 341 g/mol. The smallest absolute Gasteiger partial charge is 0.249 e. The van der Waals surface area contributed by atoms with Crippen LogP contribution < -0.4 is 5.32 Å². The number of aromatic nitrogens is 1.